The van der Waals surface area contributed by atoms with Crippen molar-refractivity contribution in [3.8, 4) is 0 Å². The number of nitrogens with two attached hydrogens (primary N) is 1. The smallest absolute Gasteiger partial charge is 0.411 e. The number of carbonyl (C=O) groups is 3. The third kappa shape index (κ3) is 9.18. The SMILES string of the molecule is CC(C)[C@H](NC(=O)OC(C)(C)C)C(=O)O[C@H]1[C@@H](O)[C@H](c2c[nH]c3c(N)ncnc23)N(C(=O)OC(C)(C)C)[C@@H]1COC(c1ccccc1)(c1ccccc1)c1ccccc1. The molecule has 1 saturated heterocycles. The number of anilines is 1. The molecule has 1 fully saturated rings. The molecule has 5 aromatic rings. The van der Waals surface area contributed by atoms with E-state index in [1.165, 1.54) is 11.2 Å². The van der Waals surface area contributed by atoms with Crippen LogP contribution < -0.4 is 11.1 Å². The summed E-state index contributed by atoms with van der Waals surface area (Å²) < 4.78 is 25.0. The maximum Gasteiger partial charge on any atom is 0.411 e. The van der Waals surface area contributed by atoms with Crippen molar-refractivity contribution in [1.82, 2.24) is 25.2 Å². The van der Waals surface area contributed by atoms with Crippen molar-refractivity contribution in [3.63, 3.8) is 0 Å². The van der Waals surface area contributed by atoms with Crippen molar-refractivity contribution in [2.45, 2.75) is 103 Å². The van der Waals surface area contributed by atoms with Crippen LogP contribution in [0.5, 0.6) is 0 Å². The highest BCUT2D eigenvalue weighted by Gasteiger charge is 2.56. The molecular formula is C45H54N6O8. The lowest BCUT2D eigenvalue weighted by atomic mass is 9.80. The number of alkyl carbamates (subject to hydrolysis) is 1. The fraction of sp³-hybridized carbons (Fsp3) is 0.400. The molecular weight excluding hydrogens is 753 g/mol. The molecule has 0 bridgehead atoms. The third-order valence-electron chi connectivity index (χ3n) is 10.00. The number of hydrogen-bond acceptors (Lipinski definition) is 11. The van der Waals surface area contributed by atoms with Gasteiger partial charge in [-0.2, -0.15) is 0 Å². The normalized spacial score (nSPS) is 19.1. The number of esters is 1. The number of fused-ring (bicyclic) bond motifs is 1. The lowest BCUT2D eigenvalue weighted by Gasteiger charge is -2.39. The summed E-state index contributed by atoms with van der Waals surface area (Å²) in [6.07, 6.45) is -1.73. The Hall–Kier alpha value is -5.99. The Morgan fingerprint density at radius 1 is 0.831 bits per heavy atom. The summed E-state index contributed by atoms with van der Waals surface area (Å²) in [6.45, 7) is 13.5. The highest BCUT2D eigenvalue weighted by Crippen LogP contribution is 2.45. The van der Waals surface area contributed by atoms with E-state index in [0.717, 1.165) is 16.7 Å². The molecule has 2 aromatic heterocycles. The standard InChI is InChI=1S/C45H54N6O8/c1-27(2)33(50-41(54)58-43(3,4)5)40(53)57-38-32(25-56-45(28-18-12-9-13-19-28,29-20-14-10-15-21-29)30-22-16-11-17-23-30)51(42(55)59-44(6,7)8)36(37(38)52)31-24-47-35-34(31)48-26-49-39(35)46/h9-24,26-27,32-33,36-38,47,52H,25H2,1-8H3,(H,50,54)(H2,46,48,49)/t32-,33+,36+,37+,38-/m1/s1. The van der Waals surface area contributed by atoms with Gasteiger partial charge >= 0.3 is 18.2 Å². The Morgan fingerprint density at radius 3 is 1.85 bits per heavy atom. The number of benzene rings is 3. The van der Waals surface area contributed by atoms with Gasteiger partial charge in [0.2, 0.25) is 0 Å². The molecule has 5 N–H and O–H groups in total. The molecule has 1 aliphatic heterocycles. The number of hydrogen-bond donors (Lipinski definition) is 4. The summed E-state index contributed by atoms with van der Waals surface area (Å²) in [7, 11) is 0. The number of rotatable bonds is 11. The second-order valence-electron chi connectivity index (χ2n) is 17.0. The summed E-state index contributed by atoms with van der Waals surface area (Å²) in [5.41, 5.74) is 6.63. The van der Waals surface area contributed by atoms with Crippen molar-refractivity contribution in [2.75, 3.05) is 12.3 Å². The van der Waals surface area contributed by atoms with Crippen molar-refractivity contribution in [2.24, 2.45) is 5.92 Å². The van der Waals surface area contributed by atoms with Crippen LogP contribution in [0.1, 0.15) is 83.7 Å². The van der Waals surface area contributed by atoms with Crippen LogP contribution in [0.2, 0.25) is 0 Å². The van der Waals surface area contributed by atoms with Gasteiger partial charge in [-0.1, -0.05) is 105 Å². The largest absolute Gasteiger partial charge is 0.456 e. The second-order valence-corrected chi connectivity index (χ2v) is 17.0. The van der Waals surface area contributed by atoms with Gasteiger partial charge in [0.15, 0.2) is 11.9 Å². The molecule has 3 heterocycles. The predicted octanol–water partition coefficient (Wildman–Crippen LogP) is 7.03. The Balaban J connectivity index is 1.52. The van der Waals surface area contributed by atoms with Crippen LogP contribution in [0, 0.1) is 5.92 Å². The molecule has 0 saturated carbocycles. The van der Waals surface area contributed by atoms with E-state index in [0.29, 0.717) is 16.6 Å². The van der Waals surface area contributed by atoms with Crippen molar-refractivity contribution in [1.29, 1.82) is 0 Å². The van der Waals surface area contributed by atoms with Crippen molar-refractivity contribution < 1.29 is 38.4 Å². The van der Waals surface area contributed by atoms with Crippen LogP contribution in [0.15, 0.2) is 104 Å². The van der Waals surface area contributed by atoms with Gasteiger partial charge in [0.1, 0.15) is 40.8 Å². The van der Waals surface area contributed by atoms with Gasteiger partial charge in [-0.05, 0) is 64.2 Å². The number of aliphatic hydroxyl groups excluding tert-OH is 1. The number of carbonyl (C=O) groups excluding carboxylic acids is 3. The highest BCUT2D eigenvalue weighted by molar-refractivity contribution is 5.88. The first-order valence-electron chi connectivity index (χ1n) is 19.7. The Bertz CT molecular complexity index is 2120. The second kappa shape index (κ2) is 17.1. The summed E-state index contributed by atoms with van der Waals surface area (Å²) in [4.78, 5) is 55.0. The Kier molecular flexibility index (Phi) is 12.3. The summed E-state index contributed by atoms with van der Waals surface area (Å²) in [5.74, 6) is -1.15. The first kappa shape index (κ1) is 42.6. The van der Waals surface area contributed by atoms with Gasteiger partial charge in [-0.3, -0.25) is 4.90 Å². The molecule has 0 aliphatic carbocycles. The quantitative estimate of drug-likeness (QED) is 0.0609. The Labute approximate surface area is 344 Å². The average molecular weight is 807 g/mol. The maximum atomic E-state index is 14.7. The minimum absolute atomic E-state index is 0.159. The minimum Gasteiger partial charge on any atom is -0.456 e. The van der Waals surface area contributed by atoms with E-state index in [2.05, 4.69) is 20.3 Å². The van der Waals surface area contributed by atoms with Crippen LogP contribution in [-0.2, 0) is 29.3 Å². The Morgan fingerprint density at radius 2 is 1.36 bits per heavy atom. The van der Waals surface area contributed by atoms with Crippen LogP contribution in [-0.4, -0.2) is 85.2 Å². The van der Waals surface area contributed by atoms with Gasteiger partial charge in [-0.15, -0.1) is 0 Å². The zero-order chi connectivity index (χ0) is 42.7. The van der Waals surface area contributed by atoms with Crippen molar-refractivity contribution in [3.05, 3.63) is 126 Å². The molecule has 6 rings (SSSR count). The van der Waals surface area contributed by atoms with E-state index >= 15 is 0 Å². The molecule has 0 unspecified atom stereocenters. The highest BCUT2D eigenvalue weighted by atomic mass is 16.6. The van der Waals surface area contributed by atoms with E-state index in [9.17, 15) is 19.5 Å². The van der Waals surface area contributed by atoms with Crippen LogP contribution in [0.4, 0.5) is 15.4 Å². The third-order valence-corrected chi connectivity index (χ3v) is 10.00. The summed E-state index contributed by atoms with van der Waals surface area (Å²) >= 11 is 0. The molecule has 14 heteroatoms. The number of likely N-dealkylation sites (tertiary alicyclic amines) is 1. The molecule has 59 heavy (non-hydrogen) atoms. The molecule has 0 spiro atoms. The average Bonchev–Trinajstić information content (AvgIpc) is 3.72. The zero-order valence-electron chi connectivity index (χ0n) is 34.7. The molecule has 5 atom stereocenters. The molecule has 0 radical (unpaired) electrons. The number of H-pyrrole nitrogens is 1. The molecule has 3 aromatic carbocycles. The molecule has 14 nitrogen and oxygen atoms in total. The van der Waals surface area contributed by atoms with E-state index in [-0.39, 0.29) is 12.4 Å². The van der Waals surface area contributed by atoms with Crippen molar-refractivity contribution >= 4 is 35.0 Å². The lowest BCUT2D eigenvalue weighted by Crippen LogP contribution is -2.52. The molecule has 312 valence electrons. The number of nitrogens with one attached hydrogen (secondary N) is 2. The number of nitrogen functional groups attached to an aromatic ring is 1. The van der Waals surface area contributed by atoms with E-state index in [4.69, 9.17) is 24.7 Å². The predicted molar refractivity (Wildman–Crippen MR) is 222 cm³/mol. The lowest BCUT2D eigenvalue weighted by molar-refractivity contribution is -0.160. The number of aromatic nitrogens is 3. The van der Waals surface area contributed by atoms with Gasteiger partial charge in [0.25, 0.3) is 0 Å². The fourth-order valence-electron chi connectivity index (χ4n) is 7.48. The first-order chi connectivity index (χ1) is 27.9. The monoisotopic (exact) mass is 806 g/mol. The number of nitrogens with zero attached hydrogens (tertiary/aromatic N) is 3. The van der Waals surface area contributed by atoms with Gasteiger partial charge in [0.05, 0.1) is 24.2 Å². The first-order valence-corrected chi connectivity index (χ1v) is 19.7. The minimum atomic E-state index is -1.57. The summed E-state index contributed by atoms with van der Waals surface area (Å²) in [5, 5.41) is 15.2. The molecule has 1 aliphatic rings. The fourth-order valence-corrected chi connectivity index (χ4v) is 7.48. The maximum absolute atomic E-state index is 14.7. The number of amides is 2. The molecule has 2 amide bonds. The number of ether oxygens (including phenoxy) is 4. The van der Waals surface area contributed by atoms with E-state index in [1.54, 1.807) is 61.6 Å². The van der Waals surface area contributed by atoms with Gasteiger partial charge in [0, 0.05) is 11.8 Å². The van der Waals surface area contributed by atoms with E-state index < -0.39 is 71.2 Å². The van der Waals surface area contributed by atoms with Crippen LogP contribution >= 0.6 is 0 Å². The van der Waals surface area contributed by atoms with E-state index in [1.807, 2.05) is 91.0 Å². The van der Waals surface area contributed by atoms with Gasteiger partial charge in [-0.25, -0.2) is 24.4 Å². The topological polar surface area (TPSA) is 191 Å². The zero-order valence-corrected chi connectivity index (χ0v) is 34.7. The number of aromatic amines is 1. The summed E-state index contributed by atoms with van der Waals surface area (Å²) in [6, 6.07) is 25.4. The van der Waals surface area contributed by atoms with Gasteiger partial charge < -0.3 is 40.1 Å². The van der Waals surface area contributed by atoms with Crippen LogP contribution in [0.25, 0.3) is 11.0 Å². The van der Waals surface area contributed by atoms with Crippen LogP contribution in [0.3, 0.4) is 0 Å². The number of aliphatic hydroxyl groups is 1.